The van der Waals surface area contributed by atoms with Crippen LogP contribution in [0.15, 0.2) is 42.5 Å². The van der Waals surface area contributed by atoms with Crippen LogP contribution in [0.4, 0.5) is 8.78 Å². The van der Waals surface area contributed by atoms with Crippen molar-refractivity contribution < 1.29 is 18.5 Å². The predicted octanol–water partition coefficient (Wildman–Crippen LogP) is 6.51. The summed E-state index contributed by atoms with van der Waals surface area (Å²) in [6.45, 7) is 4.23. The molecule has 0 aliphatic rings. The molecule has 2 aromatic carbocycles. The highest BCUT2D eigenvalue weighted by Crippen LogP contribution is 2.18. The molecule has 151 valence electrons. The number of unbranched alkanes of at least 4 members (excludes halogenated alkanes) is 2. The third-order valence-electron chi connectivity index (χ3n) is 3.70. The van der Waals surface area contributed by atoms with E-state index >= 15 is 0 Å². The summed E-state index contributed by atoms with van der Waals surface area (Å²) in [5, 5.41) is 8.34. The van der Waals surface area contributed by atoms with Gasteiger partial charge in [-0.25, -0.2) is 8.78 Å². The first-order valence-electron chi connectivity index (χ1n) is 8.76. The summed E-state index contributed by atoms with van der Waals surface area (Å²) in [7, 11) is 0.476. The van der Waals surface area contributed by atoms with Gasteiger partial charge in [-0.1, -0.05) is 59.7 Å². The van der Waals surface area contributed by atoms with E-state index in [4.69, 9.17) is 5.02 Å². The first kappa shape index (κ1) is 27.3. The fourth-order valence-electron chi connectivity index (χ4n) is 2.31. The van der Waals surface area contributed by atoms with Crippen LogP contribution in [-0.4, -0.2) is 12.7 Å². The van der Waals surface area contributed by atoms with E-state index in [1.165, 1.54) is 18.2 Å². The van der Waals surface area contributed by atoms with Crippen LogP contribution in [0.25, 0.3) is 0 Å². The predicted molar refractivity (Wildman–Crippen MR) is 112 cm³/mol. The summed E-state index contributed by atoms with van der Waals surface area (Å²) in [4.78, 5) is 0. The fraction of sp³-hybridized carbons (Fsp3) is 0.455. The van der Waals surface area contributed by atoms with Gasteiger partial charge in [0.25, 0.3) is 0 Å². The Labute approximate surface area is 164 Å². The Bertz CT molecular complexity index is 621. The molecule has 0 aliphatic heterocycles. The quantitative estimate of drug-likeness (QED) is 0.530. The van der Waals surface area contributed by atoms with Crippen molar-refractivity contribution in [2.45, 2.75) is 67.2 Å². The van der Waals surface area contributed by atoms with Gasteiger partial charge in [0.15, 0.2) is 5.82 Å². The van der Waals surface area contributed by atoms with Crippen LogP contribution in [0.1, 0.15) is 65.5 Å². The van der Waals surface area contributed by atoms with E-state index in [0.717, 1.165) is 49.7 Å². The molecule has 5 heteroatoms. The highest BCUT2D eigenvalue weighted by molar-refractivity contribution is 6.17. The van der Waals surface area contributed by atoms with Crippen molar-refractivity contribution in [2.75, 3.05) is 0 Å². The second-order valence-corrected chi connectivity index (χ2v) is 5.83. The average molecular weight is 379 g/mol. The zero-order valence-electron chi connectivity index (χ0n) is 15.0. The topological polar surface area (TPSA) is 29.5 Å². The van der Waals surface area contributed by atoms with Crippen LogP contribution in [-0.2, 0) is 12.8 Å². The number of hydrogen-bond donors (Lipinski definition) is 1. The second-order valence-electron chi connectivity index (χ2n) is 5.83. The molecule has 0 saturated heterocycles. The molecule has 0 unspecified atom stereocenters. The second kappa shape index (κ2) is 16.3. The molecule has 27 heavy (non-hydrogen) atoms. The maximum absolute atomic E-state index is 13.2. The van der Waals surface area contributed by atoms with Gasteiger partial charge in [0.1, 0.15) is 11.6 Å². The van der Waals surface area contributed by atoms with Crippen molar-refractivity contribution in [2.24, 2.45) is 0 Å². The number of halogens is 2. The van der Waals surface area contributed by atoms with E-state index in [1.807, 2.05) is 6.07 Å². The molecule has 2 aromatic rings. The van der Waals surface area contributed by atoms with Gasteiger partial charge in [-0.2, -0.15) is 0 Å². The summed E-state index contributed by atoms with van der Waals surface area (Å²) >= 11 is 0. The number of rotatable bonds is 8. The van der Waals surface area contributed by atoms with Gasteiger partial charge >= 0.3 is 7.69 Å². The lowest BCUT2D eigenvalue weighted by molar-refractivity contribution is 0.431. The zero-order valence-corrected chi connectivity index (χ0v) is 15.0. The molecule has 0 bridgehead atoms. The van der Waals surface area contributed by atoms with E-state index in [1.54, 1.807) is 18.2 Å². The summed E-state index contributed by atoms with van der Waals surface area (Å²) in [5.74, 6) is -0.518. The Kier molecular flexibility index (Phi) is 16.5. The molecule has 0 spiro atoms. The molecular weight excluding hydrogens is 345 g/mol. The number of aryl methyl sites for hydroxylation is 2. The third-order valence-corrected chi connectivity index (χ3v) is 3.70. The molecule has 0 fully saturated rings. The molecule has 1 radical (unpaired) electrons. The highest BCUT2D eigenvalue weighted by atomic mass is 19.1. The molecule has 1 N–H and O–H groups in total. The fourth-order valence-corrected chi connectivity index (χ4v) is 2.31. The molecule has 0 aromatic heterocycles. The van der Waals surface area contributed by atoms with E-state index in [9.17, 15) is 8.78 Å². The Balaban J connectivity index is 0. The van der Waals surface area contributed by atoms with Crippen LogP contribution in [0.5, 0.6) is 5.75 Å². The van der Waals surface area contributed by atoms with Crippen molar-refractivity contribution in [3.05, 3.63) is 65.2 Å². The summed E-state index contributed by atoms with van der Waals surface area (Å²) in [6.07, 6.45) is 6.31. The molecule has 2 nitrogen and oxygen atoms in total. The molecule has 0 atom stereocenters. The Morgan fingerprint density at radius 2 is 1.48 bits per heavy atom. The lowest BCUT2D eigenvalue weighted by Gasteiger charge is -2.05. The summed E-state index contributed by atoms with van der Waals surface area (Å²) < 4.78 is 30.4. The Morgan fingerprint density at radius 1 is 0.889 bits per heavy atom. The molecule has 0 saturated carbocycles. The third kappa shape index (κ3) is 11.4. The van der Waals surface area contributed by atoms with Crippen molar-refractivity contribution in [1.82, 2.24) is 0 Å². The van der Waals surface area contributed by atoms with Crippen molar-refractivity contribution >= 4 is 7.69 Å². The van der Waals surface area contributed by atoms with Crippen LogP contribution in [0, 0.1) is 11.6 Å². The van der Waals surface area contributed by atoms with Gasteiger partial charge in [-0.05, 0) is 61.1 Å². The largest absolute Gasteiger partial charge is 0.569 e. The standard InChI is InChI=1S/C10H13BFO2.C10H13F.2CH4/c1-2-3-4-8-5-6-10(14-11-13)9(12)7-8;1-2-3-5-9-6-4-7-10(11)8-9;;/h5-7,13H,2-4H2,1H3;4,6-8H,2-3,5H2,1H3;2*1H4. The summed E-state index contributed by atoms with van der Waals surface area (Å²) in [5.41, 5.74) is 2.06. The number of benzene rings is 2. The molecular formula is C22H34BF2O2. The van der Waals surface area contributed by atoms with Crippen LogP contribution < -0.4 is 4.65 Å². The van der Waals surface area contributed by atoms with E-state index in [0.29, 0.717) is 7.69 Å². The van der Waals surface area contributed by atoms with Gasteiger partial charge in [0, 0.05) is 0 Å². The van der Waals surface area contributed by atoms with E-state index in [2.05, 4.69) is 18.5 Å². The lowest BCUT2D eigenvalue weighted by Crippen LogP contribution is -2.02. The van der Waals surface area contributed by atoms with Crippen molar-refractivity contribution in [1.29, 1.82) is 0 Å². The minimum Gasteiger partial charge on any atom is -0.535 e. The van der Waals surface area contributed by atoms with Gasteiger partial charge in [-0.15, -0.1) is 0 Å². The lowest BCUT2D eigenvalue weighted by atomic mass is 10.1. The molecule has 2 rings (SSSR count). The molecule has 0 aliphatic carbocycles. The minimum atomic E-state index is -0.441. The minimum absolute atomic E-state index is 0. The number of hydrogen-bond acceptors (Lipinski definition) is 2. The smallest absolute Gasteiger partial charge is 0.535 e. The molecule has 0 amide bonds. The van der Waals surface area contributed by atoms with Crippen LogP contribution >= 0.6 is 0 Å². The van der Waals surface area contributed by atoms with Crippen molar-refractivity contribution in [3.8, 4) is 5.75 Å². The first-order chi connectivity index (χ1) is 12.1. The zero-order chi connectivity index (χ0) is 18.5. The SMILES string of the molecule is C.C.CCCCc1ccc(O[B]O)c(F)c1.CCCCc1cccc(F)c1. The van der Waals surface area contributed by atoms with Gasteiger partial charge in [0.05, 0.1) is 0 Å². The van der Waals surface area contributed by atoms with Gasteiger partial charge in [-0.3, -0.25) is 0 Å². The van der Waals surface area contributed by atoms with E-state index < -0.39 is 5.82 Å². The highest BCUT2D eigenvalue weighted by Gasteiger charge is 2.04. The van der Waals surface area contributed by atoms with Crippen molar-refractivity contribution in [3.63, 3.8) is 0 Å². The Morgan fingerprint density at radius 3 is 1.96 bits per heavy atom. The summed E-state index contributed by atoms with van der Waals surface area (Å²) in [6, 6.07) is 11.6. The first-order valence-corrected chi connectivity index (χ1v) is 8.76. The van der Waals surface area contributed by atoms with Crippen LogP contribution in [0.2, 0.25) is 0 Å². The van der Waals surface area contributed by atoms with E-state index in [-0.39, 0.29) is 26.4 Å². The van der Waals surface area contributed by atoms with Gasteiger partial charge in [0.2, 0.25) is 0 Å². The van der Waals surface area contributed by atoms with Crippen LogP contribution in [0.3, 0.4) is 0 Å². The maximum Gasteiger partial charge on any atom is 0.569 e. The molecule has 0 heterocycles. The normalized spacial score (nSPS) is 9.22. The Hall–Kier alpha value is -1.88. The monoisotopic (exact) mass is 379 g/mol. The maximum atomic E-state index is 13.2. The average Bonchev–Trinajstić information content (AvgIpc) is 2.61. The van der Waals surface area contributed by atoms with Gasteiger partial charge < -0.3 is 9.68 Å².